The Morgan fingerprint density at radius 2 is 1.70 bits per heavy atom. The third kappa shape index (κ3) is 5.21. The van der Waals surface area contributed by atoms with Gasteiger partial charge in [-0.2, -0.15) is 5.10 Å². The van der Waals surface area contributed by atoms with Crippen LogP contribution in [0, 0.1) is 5.82 Å². The molecule has 0 atom stereocenters. The largest absolute Gasteiger partial charge is 0.378 e. The number of nitrogens with zero attached hydrogens (tertiary/aromatic N) is 3. The Morgan fingerprint density at radius 3 is 2.47 bits per heavy atom. The van der Waals surface area contributed by atoms with Crippen LogP contribution in [0.15, 0.2) is 60.8 Å². The molecule has 0 saturated carbocycles. The van der Waals surface area contributed by atoms with Crippen molar-refractivity contribution < 1.29 is 13.9 Å². The first kappa shape index (κ1) is 19.6. The van der Waals surface area contributed by atoms with E-state index in [4.69, 9.17) is 4.74 Å². The van der Waals surface area contributed by atoms with Crippen molar-refractivity contribution in [3.05, 3.63) is 66.6 Å². The lowest BCUT2D eigenvalue weighted by atomic mass is 10.2. The fourth-order valence-electron chi connectivity index (χ4n) is 3.06. The minimum Gasteiger partial charge on any atom is -0.378 e. The summed E-state index contributed by atoms with van der Waals surface area (Å²) in [6, 6.07) is 14.3. The highest BCUT2D eigenvalue weighted by Gasteiger charge is 2.12. The van der Waals surface area contributed by atoms with Crippen LogP contribution in [-0.4, -0.2) is 42.5 Å². The summed E-state index contributed by atoms with van der Waals surface area (Å²) in [5, 5.41) is 16.7. The number of morpholine rings is 1. The van der Waals surface area contributed by atoms with Crippen LogP contribution >= 0.6 is 0 Å². The summed E-state index contributed by atoms with van der Waals surface area (Å²) in [6.45, 7) is 3.05. The minimum absolute atomic E-state index is 0.379. The van der Waals surface area contributed by atoms with Gasteiger partial charge < -0.3 is 25.6 Å². The Kier molecular flexibility index (Phi) is 6.00. The first-order valence-corrected chi connectivity index (χ1v) is 9.52. The van der Waals surface area contributed by atoms with Gasteiger partial charge in [0.15, 0.2) is 5.82 Å². The van der Waals surface area contributed by atoms with E-state index >= 15 is 0 Å². The fraction of sp³-hybridized carbons (Fsp3) is 0.190. The zero-order valence-electron chi connectivity index (χ0n) is 16.1. The van der Waals surface area contributed by atoms with E-state index in [1.165, 1.54) is 18.2 Å². The topological polar surface area (TPSA) is 91.4 Å². The number of ether oxygens (including phenoxy) is 1. The molecule has 9 heteroatoms. The van der Waals surface area contributed by atoms with E-state index in [0.717, 1.165) is 24.5 Å². The Hall–Kier alpha value is -3.72. The molecule has 3 aromatic rings. The number of nitrogens with one attached hydrogen (secondary N) is 3. The number of rotatable bonds is 5. The van der Waals surface area contributed by atoms with Crippen molar-refractivity contribution in [2.75, 3.05) is 47.2 Å². The van der Waals surface area contributed by atoms with Gasteiger partial charge in [-0.15, -0.1) is 5.10 Å². The third-order valence-electron chi connectivity index (χ3n) is 4.51. The molecule has 2 amide bonds. The van der Waals surface area contributed by atoms with Gasteiger partial charge >= 0.3 is 6.03 Å². The molecule has 0 unspecified atom stereocenters. The van der Waals surface area contributed by atoms with Crippen molar-refractivity contribution in [1.29, 1.82) is 0 Å². The Balaban J connectivity index is 1.35. The smallest absolute Gasteiger partial charge is 0.323 e. The van der Waals surface area contributed by atoms with Crippen LogP contribution in [0.1, 0.15) is 0 Å². The molecule has 0 bridgehead atoms. The molecule has 4 rings (SSSR count). The zero-order chi connectivity index (χ0) is 20.8. The summed E-state index contributed by atoms with van der Waals surface area (Å²) in [4.78, 5) is 14.3. The average molecular weight is 408 g/mol. The lowest BCUT2D eigenvalue weighted by Gasteiger charge is -2.28. The Labute approximate surface area is 173 Å². The second-order valence-electron chi connectivity index (χ2n) is 6.69. The molecule has 1 aliphatic heterocycles. The van der Waals surface area contributed by atoms with E-state index in [0.29, 0.717) is 30.4 Å². The number of urea groups is 1. The van der Waals surface area contributed by atoms with E-state index in [1.54, 1.807) is 24.4 Å². The molecule has 3 N–H and O–H groups in total. The molecule has 0 aliphatic carbocycles. The summed E-state index contributed by atoms with van der Waals surface area (Å²) < 4.78 is 18.6. The molecule has 1 fully saturated rings. The highest BCUT2D eigenvalue weighted by molar-refractivity contribution is 5.99. The van der Waals surface area contributed by atoms with Crippen molar-refractivity contribution in [3.63, 3.8) is 0 Å². The number of anilines is 5. The van der Waals surface area contributed by atoms with Gasteiger partial charge in [0.25, 0.3) is 0 Å². The van der Waals surface area contributed by atoms with Crippen LogP contribution in [0.2, 0.25) is 0 Å². The van der Waals surface area contributed by atoms with E-state index in [-0.39, 0.29) is 0 Å². The normalized spacial score (nSPS) is 13.6. The lowest BCUT2D eigenvalue weighted by molar-refractivity contribution is 0.122. The van der Waals surface area contributed by atoms with Gasteiger partial charge in [0.05, 0.1) is 25.1 Å². The van der Waals surface area contributed by atoms with Crippen LogP contribution in [0.5, 0.6) is 0 Å². The minimum atomic E-state index is -0.453. The van der Waals surface area contributed by atoms with Gasteiger partial charge in [0.2, 0.25) is 0 Å². The van der Waals surface area contributed by atoms with Crippen LogP contribution < -0.4 is 20.9 Å². The third-order valence-corrected chi connectivity index (χ3v) is 4.51. The monoisotopic (exact) mass is 408 g/mol. The first-order valence-electron chi connectivity index (χ1n) is 9.52. The molecule has 154 valence electrons. The molecule has 2 aromatic carbocycles. The molecule has 1 aliphatic rings. The van der Waals surface area contributed by atoms with Crippen LogP contribution in [0.25, 0.3) is 0 Å². The molecule has 1 saturated heterocycles. The van der Waals surface area contributed by atoms with Gasteiger partial charge in [0, 0.05) is 36.2 Å². The Morgan fingerprint density at radius 1 is 0.967 bits per heavy atom. The number of amides is 2. The quantitative estimate of drug-likeness (QED) is 0.594. The molecule has 0 spiro atoms. The highest BCUT2D eigenvalue weighted by Crippen LogP contribution is 2.21. The van der Waals surface area contributed by atoms with E-state index < -0.39 is 11.8 Å². The standard InChI is InChI=1S/C21H21FN6O2/c22-15-2-1-3-18(12-15)26-21(29)25-17-6-4-16(5-7-17)24-20-13-19(14-23-27-20)28-8-10-30-11-9-28/h1-7,12-14H,8-11H2,(H,24,27)(H2,25,26,29). The van der Waals surface area contributed by atoms with Gasteiger partial charge in [-0.25, -0.2) is 9.18 Å². The molecule has 2 heterocycles. The molecular weight excluding hydrogens is 387 g/mol. The SMILES string of the molecule is O=C(Nc1ccc(Nc2cc(N3CCOCC3)cnn2)cc1)Nc1cccc(F)c1. The van der Waals surface area contributed by atoms with Crippen molar-refractivity contribution in [3.8, 4) is 0 Å². The molecule has 1 aromatic heterocycles. The molecule has 8 nitrogen and oxygen atoms in total. The van der Waals surface area contributed by atoms with Crippen molar-refractivity contribution in [2.24, 2.45) is 0 Å². The number of halogens is 1. The highest BCUT2D eigenvalue weighted by atomic mass is 19.1. The number of hydrogen-bond acceptors (Lipinski definition) is 6. The predicted molar refractivity (Wildman–Crippen MR) is 114 cm³/mol. The first-order chi connectivity index (χ1) is 14.7. The van der Waals surface area contributed by atoms with Gasteiger partial charge in [0.1, 0.15) is 5.82 Å². The number of hydrogen-bond donors (Lipinski definition) is 3. The molecule has 30 heavy (non-hydrogen) atoms. The van der Waals surface area contributed by atoms with Crippen molar-refractivity contribution in [1.82, 2.24) is 10.2 Å². The summed E-state index contributed by atoms with van der Waals surface area (Å²) in [5.41, 5.74) is 2.77. The number of benzene rings is 2. The summed E-state index contributed by atoms with van der Waals surface area (Å²) >= 11 is 0. The maximum atomic E-state index is 13.2. The maximum absolute atomic E-state index is 13.2. The molecular formula is C21H21FN6O2. The second-order valence-corrected chi connectivity index (χ2v) is 6.69. The van der Waals surface area contributed by atoms with Crippen LogP contribution in [-0.2, 0) is 4.74 Å². The lowest BCUT2D eigenvalue weighted by Crippen LogP contribution is -2.36. The number of carbonyl (C=O) groups excluding carboxylic acids is 1. The summed E-state index contributed by atoms with van der Waals surface area (Å²) in [7, 11) is 0. The molecule has 0 radical (unpaired) electrons. The number of aromatic nitrogens is 2. The second kappa shape index (κ2) is 9.19. The maximum Gasteiger partial charge on any atom is 0.323 e. The van der Waals surface area contributed by atoms with Gasteiger partial charge in [-0.05, 0) is 42.5 Å². The zero-order valence-corrected chi connectivity index (χ0v) is 16.1. The number of carbonyl (C=O) groups is 1. The fourth-order valence-corrected chi connectivity index (χ4v) is 3.06. The van der Waals surface area contributed by atoms with Gasteiger partial charge in [-0.1, -0.05) is 6.07 Å². The van der Waals surface area contributed by atoms with E-state index in [1.807, 2.05) is 18.2 Å². The van der Waals surface area contributed by atoms with Crippen LogP contribution in [0.4, 0.5) is 37.8 Å². The van der Waals surface area contributed by atoms with E-state index in [2.05, 4.69) is 31.0 Å². The summed E-state index contributed by atoms with van der Waals surface area (Å²) in [6.07, 6.45) is 1.74. The predicted octanol–water partition coefficient (Wildman–Crippen LogP) is 3.84. The van der Waals surface area contributed by atoms with Crippen LogP contribution in [0.3, 0.4) is 0 Å². The van der Waals surface area contributed by atoms with Gasteiger partial charge in [-0.3, -0.25) is 0 Å². The van der Waals surface area contributed by atoms with Crippen molar-refractivity contribution in [2.45, 2.75) is 0 Å². The summed E-state index contributed by atoms with van der Waals surface area (Å²) in [5.74, 6) is 0.215. The Bertz CT molecular complexity index is 1010. The van der Waals surface area contributed by atoms with Crippen molar-refractivity contribution >= 4 is 34.6 Å². The van der Waals surface area contributed by atoms with E-state index in [9.17, 15) is 9.18 Å². The average Bonchev–Trinajstić information content (AvgIpc) is 2.76.